The Labute approximate surface area is 93.2 Å². The van der Waals surface area contributed by atoms with Crippen molar-refractivity contribution < 1.29 is 4.79 Å². The highest BCUT2D eigenvalue weighted by molar-refractivity contribution is 5.83. The number of carbonyl (C=O) groups is 1. The molecule has 1 heterocycles. The average molecular weight is 212 g/mol. The van der Waals surface area contributed by atoms with E-state index in [4.69, 9.17) is 0 Å². The summed E-state index contributed by atoms with van der Waals surface area (Å²) in [5, 5.41) is 3.36. The zero-order valence-electron chi connectivity index (χ0n) is 10.3. The first-order valence-electron chi connectivity index (χ1n) is 6.27. The summed E-state index contributed by atoms with van der Waals surface area (Å²) in [6.07, 6.45) is 6.05. The predicted octanol–water partition coefficient (Wildman–Crippen LogP) is 2.12. The maximum absolute atomic E-state index is 11.8. The third-order valence-electron chi connectivity index (χ3n) is 3.04. The van der Waals surface area contributed by atoms with E-state index in [2.05, 4.69) is 19.2 Å². The molecular formula is C12H24N2O. The summed E-state index contributed by atoms with van der Waals surface area (Å²) >= 11 is 0. The molecule has 15 heavy (non-hydrogen) atoms. The Bertz CT molecular complexity index is 206. The standard InChI is InChI=1S/C12H24N2O/c1-4-6-7-9-14-11(8-5-2)13-10(3)12(14)15/h10-11,13H,4-9H2,1-3H3. The summed E-state index contributed by atoms with van der Waals surface area (Å²) in [6, 6.07) is 0.0168. The van der Waals surface area contributed by atoms with Crippen molar-refractivity contribution >= 4 is 5.91 Å². The van der Waals surface area contributed by atoms with E-state index in [0.29, 0.717) is 0 Å². The molecule has 3 heteroatoms. The molecule has 1 aliphatic rings. The minimum Gasteiger partial charge on any atom is -0.326 e. The molecule has 88 valence electrons. The van der Waals surface area contributed by atoms with Gasteiger partial charge in [-0.15, -0.1) is 0 Å². The molecule has 1 saturated heterocycles. The summed E-state index contributed by atoms with van der Waals surface area (Å²) in [5.41, 5.74) is 0. The Kier molecular flexibility index (Phi) is 5.09. The summed E-state index contributed by atoms with van der Waals surface area (Å²) in [6.45, 7) is 7.25. The van der Waals surface area contributed by atoms with E-state index in [-0.39, 0.29) is 18.1 Å². The highest BCUT2D eigenvalue weighted by Crippen LogP contribution is 2.15. The maximum atomic E-state index is 11.8. The second-order valence-corrected chi connectivity index (χ2v) is 4.43. The van der Waals surface area contributed by atoms with E-state index in [1.54, 1.807) is 0 Å². The van der Waals surface area contributed by atoms with Crippen LogP contribution in [-0.2, 0) is 4.79 Å². The highest BCUT2D eigenvalue weighted by atomic mass is 16.2. The molecule has 0 saturated carbocycles. The van der Waals surface area contributed by atoms with Gasteiger partial charge >= 0.3 is 0 Å². The number of hydrogen-bond acceptors (Lipinski definition) is 2. The van der Waals surface area contributed by atoms with E-state index in [0.717, 1.165) is 25.8 Å². The summed E-state index contributed by atoms with van der Waals surface area (Å²) in [5.74, 6) is 0.282. The topological polar surface area (TPSA) is 32.3 Å². The number of rotatable bonds is 6. The molecular weight excluding hydrogens is 188 g/mol. The molecule has 0 aromatic rings. The first-order valence-corrected chi connectivity index (χ1v) is 6.27. The van der Waals surface area contributed by atoms with Gasteiger partial charge in [0.1, 0.15) is 0 Å². The molecule has 3 nitrogen and oxygen atoms in total. The van der Waals surface area contributed by atoms with Gasteiger partial charge in [-0.2, -0.15) is 0 Å². The van der Waals surface area contributed by atoms with Crippen LogP contribution in [0.2, 0.25) is 0 Å². The van der Waals surface area contributed by atoms with Gasteiger partial charge in [-0.1, -0.05) is 33.1 Å². The van der Waals surface area contributed by atoms with Crippen molar-refractivity contribution in [2.75, 3.05) is 6.54 Å². The SMILES string of the molecule is CCCCCN1C(=O)C(C)NC1CCC. The smallest absolute Gasteiger partial charge is 0.240 e. The molecule has 0 aliphatic carbocycles. The second kappa shape index (κ2) is 6.11. The predicted molar refractivity (Wildman–Crippen MR) is 62.5 cm³/mol. The van der Waals surface area contributed by atoms with Gasteiger partial charge in [-0.05, 0) is 19.8 Å². The van der Waals surface area contributed by atoms with Crippen LogP contribution >= 0.6 is 0 Å². The zero-order chi connectivity index (χ0) is 11.3. The lowest BCUT2D eigenvalue weighted by atomic mass is 10.2. The first-order chi connectivity index (χ1) is 7.20. The number of carbonyl (C=O) groups excluding carboxylic acids is 1. The van der Waals surface area contributed by atoms with Gasteiger partial charge in [0.2, 0.25) is 5.91 Å². The number of amides is 1. The number of hydrogen-bond donors (Lipinski definition) is 1. The monoisotopic (exact) mass is 212 g/mol. The van der Waals surface area contributed by atoms with Crippen LogP contribution in [0.1, 0.15) is 52.9 Å². The summed E-state index contributed by atoms with van der Waals surface area (Å²) in [4.78, 5) is 13.9. The lowest BCUT2D eigenvalue weighted by Crippen LogP contribution is -2.37. The van der Waals surface area contributed by atoms with Crippen molar-refractivity contribution in [2.24, 2.45) is 0 Å². The van der Waals surface area contributed by atoms with Crippen molar-refractivity contribution in [2.45, 2.75) is 65.1 Å². The van der Waals surface area contributed by atoms with E-state index in [1.165, 1.54) is 12.8 Å². The van der Waals surface area contributed by atoms with E-state index in [1.807, 2.05) is 11.8 Å². The van der Waals surface area contributed by atoms with Crippen LogP contribution in [0.25, 0.3) is 0 Å². The van der Waals surface area contributed by atoms with Crippen LogP contribution in [0.5, 0.6) is 0 Å². The van der Waals surface area contributed by atoms with Gasteiger partial charge in [-0.25, -0.2) is 0 Å². The van der Waals surface area contributed by atoms with Gasteiger partial charge in [0.05, 0.1) is 12.2 Å². The third-order valence-corrected chi connectivity index (χ3v) is 3.04. The van der Waals surface area contributed by atoms with E-state index < -0.39 is 0 Å². The largest absolute Gasteiger partial charge is 0.326 e. The lowest BCUT2D eigenvalue weighted by molar-refractivity contribution is -0.129. The molecule has 2 atom stereocenters. The normalized spacial score (nSPS) is 26.3. The van der Waals surface area contributed by atoms with Crippen LogP contribution < -0.4 is 5.32 Å². The van der Waals surface area contributed by atoms with Crippen LogP contribution in [0.15, 0.2) is 0 Å². The lowest BCUT2D eigenvalue weighted by Gasteiger charge is -2.23. The third kappa shape index (κ3) is 3.20. The molecule has 1 fully saturated rings. The Morgan fingerprint density at radius 3 is 2.60 bits per heavy atom. The van der Waals surface area contributed by atoms with Gasteiger partial charge in [0, 0.05) is 6.54 Å². The molecule has 0 aromatic carbocycles. The van der Waals surface area contributed by atoms with Crippen LogP contribution in [-0.4, -0.2) is 29.6 Å². The van der Waals surface area contributed by atoms with E-state index >= 15 is 0 Å². The maximum Gasteiger partial charge on any atom is 0.240 e. The Morgan fingerprint density at radius 1 is 1.27 bits per heavy atom. The van der Waals surface area contributed by atoms with Crippen molar-refractivity contribution in [1.82, 2.24) is 10.2 Å². The highest BCUT2D eigenvalue weighted by Gasteiger charge is 2.34. The van der Waals surface area contributed by atoms with Crippen molar-refractivity contribution in [3.05, 3.63) is 0 Å². The van der Waals surface area contributed by atoms with Gasteiger partial charge in [-0.3, -0.25) is 10.1 Å². The molecule has 0 radical (unpaired) electrons. The molecule has 1 amide bonds. The summed E-state index contributed by atoms with van der Waals surface area (Å²) < 4.78 is 0. The first kappa shape index (κ1) is 12.5. The van der Waals surface area contributed by atoms with Crippen molar-refractivity contribution in [3.8, 4) is 0 Å². The fourth-order valence-electron chi connectivity index (χ4n) is 2.16. The fraction of sp³-hybridized carbons (Fsp3) is 0.917. The minimum atomic E-state index is 0.0168. The molecule has 1 N–H and O–H groups in total. The Morgan fingerprint density at radius 2 is 2.00 bits per heavy atom. The van der Waals surface area contributed by atoms with Crippen LogP contribution in [0.4, 0.5) is 0 Å². The molecule has 1 rings (SSSR count). The molecule has 0 spiro atoms. The number of unbranched alkanes of at least 4 members (excludes halogenated alkanes) is 2. The summed E-state index contributed by atoms with van der Waals surface area (Å²) in [7, 11) is 0. The second-order valence-electron chi connectivity index (χ2n) is 4.43. The molecule has 1 aliphatic heterocycles. The van der Waals surface area contributed by atoms with Crippen LogP contribution in [0, 0.1) is 0 Å². The fourth-order valence-corrected chi connectivity index (χ4v) is 2.16. The molecule has 0 aromatic heterocycles. The van der Waals surface area contributed by atoms with Gasteiger partial charge in [0.15, 0.2) is 0 Å². The minimum absolute atomic E-state index is 0.0168. The van der Waals surface area contributed by atoms with Crippen LogP contribution in [0.3, 0.4) is 0 Å². The van der Waals surface area contributed by atoms with Gasteiger partial charge < -0.3 is 4.90 Å². The number of nitrogens with one attached hydrogen (secondary N) is 1. The van der Waals surface area contributed by atoms with Crippen molar-refractivity contribution in [1.29, 1.82) is 0 Å². The Balaban J connectivity index is 2.45. The average Bonchev–Trinajstić information content (AvgIpc) is 2.47. The van der Waals surface area contributed by atoms with Crippen molar-refractivity contribution in [3.63, 3.8) is 0 Å². The Hall–Kier alpha value is -0.570. The number of nitrogens with zero attached hydrogens (tertiary/aromatic N) is 1. The van der Waals surface area contributed by atoms with E-state index in [9.17, 15) is 4.79 Å². The quantitative estimate of drug-likeness (QED) is 0.684. The van der Waals surface area contributed by atoms with Gasteiger partial charge in [0.25, 0.3) is 0 Å². The zero-order valence-corrected chi connectivity index (χ0v) is 10.3. The molecule has 0 bridgehead atoms. The molecule has 2 unspecified atom stereocenters.